The van der Waals surface area contributed by atoms with Crippen LogP contribution in [0.4, 0.5) is 11.5 Å². The van der Waals surface area contributed by atoms with Crippen molar-refractivity contribution in [3.8, 4) is 11.5 Å². The van der Waals surface area contributed by atoms with E-state index in [2.05, 4.69) is 15.3 Å². The number of anilines is 1. The maximum Gasteiger partial charge on any atom is 0.262 e. The molecule has 7 heteroatoms. The number of aromatic hydroxyl groups is 1. The van der Waals surface area contributed by atoms with Crippen LogP contribution < -0.4 is 15.6 Å². The van der Waals surface area contributed by atoms with Gasteiger partial charge in [-0.15, -0.1) is 0 Å². The third kappa shape index (κ3) is 4.08. The maximum atomic E-state index is 12.9. The average molecular weight is 387 g/mol. The van der Waals surface area contributed by atoms with Crippen molar-refractivity contribution in [1.82, 2.24) is 4.98 Å². The van der Waals surface area contributed by atoms with Crippen LogP contribution >= 0.6 is 0 Å². The van der Waals surface area contributed by atoms with Gasteiger partial charge in [0, 0.05) is 23.7 Å². The number of nitrogens with one attached hydrogen (secondary N) is 1. The third-order valence-electron chi connectivity index (χ3n) is 4.17. The van der Waals surface area contributed by atoms with Crippen LogP contribution in [-0.2, 0) is 0 Å². The highest BCUT2D eigenvalue weighted by Crippen LogP contribution is 2.22. The first-order chi connectivity index (χ1) is 14.1. The van der Waals surface area contributed by atoms with Gasteiger partial charge in [0.25, 0.3) is 5.91 Å². The number of rotatable bonds is 4. The van der Waals surface area contributed by atoms with E-state index in [0.717, 1.165) is 0 Å². The molecule has 2 N–H and O–H groups in total. The molecule has 4 rings (SSSR count). The van der Waals surface area contributed by atoms with Crippen molar-refractivity contribution in [3.05, 3.63) is 84.0 Å². The highest BCUT2D eigenvalue weighted by molar-refractivity contribution is 6.05. The van der Waals surface area contributed by atoms with Crippen molar-refractivity contribution in [2.24, 2.45) is 4.99 Å². The molecule has 29 heavy (non-hydrogen) atoms. The predicted molar refractivity (Wildman–Crippen MR) is 108 cm³/mol. The number of phenolic OH excluding ortho intramolecular Hbond substituents is 1. The molecule has 2 aromatic carbocycles. The van der Waals surface area contributed by atoms with Gasteiger partial charge < -0.3 is 19.6 Å². The molecule has 0 bridgehead atoms. The van der Waals surface area contributed by atoms with Crippen LogP contribution in [0.3, 0.4) is 0 Å². The predicted octanol–water partition coefficient (Wildman–Crippen LogP) is 4.03. The Bertz CT molecular complexity index is 1250. The van der Waals surface area contributed by atoms with E-state index in [1.54, 1.807) is 67.9 Å². The fourth-order valence-corrected chi connectivity index (χ4v) is 2.77. The zero-order chi connectivity index (χ0) is 20.2. The minimum absolute atomic E-state index is 0.0549. The maximum absolute atomic E-state index is 12.9. The second-order valence-electron chi connectivity index (χ2n) is 6.17. The van der Waals surface area contributed by atoms with Gasteiger partial charge in [-0.2, -0.15) is 0 Å². The monoisotopic (exact) mass is 387 g/mol. The highest BCUT2D eigenvalue weighted by Gasteiger charge is 2.14. The fraction of sp³-hybridized carbons (Fsp3) is 0.0455. The molecule has 0 saturated carbocycles. The van der Waals surface area contributed by atoms with Gasteiger partial charge in [-0.1, -0.05) is 12.1 Å². The van der Waals surface area contributed by atoms with Crippen molar-refractivity contribution in [3.63, 3.8) is 0 Å². The molecule has 0 atom stereocenters. The Labute approximate surface area is 165 Å². The SMILES string of the molecule is COc1cccc(N=c2oc3cc(O)ccc3cc2C(=O)Nc2ccccn2)c1. The van der Waals surface area contributed by atoms with Crippen LogP contribution in [0, 0.1) is 0 Å². The Morgan fingerprint density at radius 3 is 2.79 bits per heavy atom. The number of carbonyl (C=O) groups is 1. The summed E-state index contributed by atoms with van der Waals surface area (Å²) in [5.41, 5.74) is 1.29. The Morgan fingerprint density at radius 1 is 1.10 bits per heavy atom. The van der Waals surface area contributed by atoms with E-state index < -0.39 is 5.91 Å². The van der Waals surface area contributed by atoms with Gasteiger partial charge in [-0.25, -0.2) is 9.98 Å². The molecule has 2 aromatic heterocycles. The number of fused-ring (bicyclic) bond motifs is 1. The summed E-state index contributed by atoms with van der Waals surface area (Å²) < 4.78 is 11.1. The first kappa shape index (κ1) is 18.2. The summed E-state index contributed by atoms with van der Waals surface area (Å²) in [6.07, 6.45) is 1.59. The van der Waals surface area contributed by atoms with Crippen molar-refractivity contribution < 1.29 is 19.1 Å². The zero-order valence-corrected chi connectivity index (χ0v) is 15.5. The number of amides is 1. The fourth-order valence-electron chi connectivity index (χ4n) is 2.77. The number of aromatic nitrogens is 1. The summed E-state index contributed by atoms with van der Waals surface area (Å²) in [6, 6.07) is 18.6. The number of benzene rings is 2. The second-order valence-corrected chi connectivity index (χ2v) is 6.17. The minimum Gasteiger partial charge on any atom is -0.508 e. The van der Waals surface area contributed by atoms with Crippen LogP contribution in [0.15, 0.2) is 82.3 Å². The Balaban J connectivity index is 1.86. The topological polar surface area (TPSA) is 97.0 Å². The molecule has 1 amide bonds. The number of pyridine rings is 1. The van der Waals surface area contributed by atoms with Crippen LogP contribution in [0.2, 0.25) is 0 Å². The van der Waals surface area contributed by atoms with E-state index in [4.69, 9.17) is 9.15 Å². The summed E-state index contributed by atoms with van der Waals surface area (Å²) in [5.74, 6) is 0.683. The van der Waals surface area contributed by atoms with E-state index in [0.29, 0.717) is 28.2 Å². The summed E-state index contributed by atoms with van der Waals surface area (Å²) in [6.45, 7) is 0. The zero-order valence-electron chi connectivity index (χ0n) is 15.5. The molecule has 0 unspecified atom stereocenters. The first-order valence-corrected chi connectivity index (χ1v) is 8.80. The van der Waals surface area contributed by atoms with Gasteiger partial charge in [-0.3, -0.25) is 4.79 Å². The molecular formula is C22H17N3O4. The number of methoxy groups -OCH3 is 1. The van der Waals surface area contributed by atoms with Crippen molar-refractivity contribution in [2.45, 2.75) is 0 Å². The highest BCUT2D eigenvalue weighted by atomic mass is 16.5. The first-order valence-electron chi connectivity index (χ1n) is 8.80. The van der Waals surface area contributed by atoms with E-state index >= 15 is 0 Å². The smallest absolute Gasteiger partial charge is 0.262 e. The molecule has 0 spiro atoms. The molecule has 0 fully saturated rings. The Morgan fingerprint density at radius 2 is 2.00 bits per heavy atom. The standard InChI is InChI=1S/C22H17N3O4/c1-28-17-6-4-5-15(12-17)24-22-18(21(27)25-20-7-2-3-10-23-20)11-14-8-9-16(26)13-19(14)29-22/h2-13,26H,1H3,(H,23,25,27). The lowest BCUT2D eigenvalue weighted by molar-refractivity contribution is 0.102. The molecule has 2 heterocycles. The molecular weight excluding hydrogens is 370 g/mol. The van der Waals surface area contributed by atoms with Crippen LogP contribution in [-0.4, -0.2) is 23.1 Å². The quantitative estimate of drug-likeness (QED) is 0.551. The second kappa shape index (κ2) is 7.85. The molecule has 144 valence electrons. The van der Waals surface area contributed by atoms with Crippen LogP contribution in [0.1, 0.15) is 10.4 Å². The molecule has 4 aromatic rings. The van der Waals surface area contributed by atoms with Gasteiger partial charge in [-0.05, 0) is 42.5 Å². The van der Waals surface area contributed by atoms with E-state index in [9.17, 15) is 9.90 Å². The van der Waals surface area contributed by atoms with Crippen molar-refractivity contribution in [2.75, 3.05) is 12.4 Å². The van der Waals surface area contributed by atoms with Crippen molar-refractivity contribution in [1.29, 1.82) is 0 Å². The minimum atomic E-state index is -0.413. The molecule has 0 aliphatic rings. The lowest BCUT2D eigenvalue weighted by Gasteiger charge is -2.07. The molecule has 0 saturated heterocycles. The molecule has 7 nitrogen and oxygen atoms in total. The summed E-state index contributed by atoms with van der Waals surface area (Å²) in [5, 5.41) is 13.1. The number of nitrogens with zero attached hydrogens (tertiary/aromatic N) is 2. The largest absolute Gasteiger partial charge is 0.508 e. The number of carbonyl (C=O) groups excluding carboxylic acids is 1. The van der Waals surface area contributed by atoms with Crippen LogP contribution in [0.25, 0.3) is 11.0 Å². The third-order valence-corrected chi connectivity index (χ3v) is 4.17. The summed E-state index contributed by atoms with van der Waals surface area (Å²) in [7, 11) is 1.56. The average Bonchev–Trinajstić information content (AvgIpc) is 2.74. The summed E-state index contributed by atoms with van der Waals surface area (Å²) in [4.78, 5) is 21.5. The number of hydrogen-bond acceptors (Lipinski definition) is 6. The summed E-state index contributed by atoms with van der Waals surface area (Å²) >= 11 is 0. The van der Waals surface area contributed by atoms with E-state index in [1.165, 1.54) is 12.1 Å². The van der Waals surface area contributed by atoms with Gasteiger partial charge in [0.15, 0.2) is 0 Å². The van der Waals surface area contributed by atoms with Crippen molar-refractivity contribution >= 4 is 28.4 Å². The van der Waals surface area contributed by atoms with Gasteiger partial charge in [0.2, 0.25) is 5.55 Å². The number of hydrogen-bond donors (Lipinski definition) is 2. The Kier molecular flexibility index (Phi) is 4.94. The number of phenols is 1. The van der Waals surface area contributed by atoms with Gasteiger partial charge in [0.1, 0.15) is 28.5 Å². The lowest BCUT2D eigenvalue weighted by atomic mass is 10.1. The molecule has 0 radical (unpaired) electrons. The molecule has 0 aliphatic carbocycles. The molecule has 0 aliphatic heterocycles. The van der Waals surface area contributed by atoms with Gasteiger partial charge in [0.05, 0.1) is 12.8 Å². The normalized spacial score (nSPS) is 11.4. The lowest BCUT2D eigenvalue weighted by Crippen LogP contribution is -2.22. The van der Waals surface area contributed by atoms with Crippen LogP contribution in [0.5, 0.6) is 11.5 Å². The number of ether oxygens (including phenoxy) is 1. The van der Waals surface area contributed by atoms with E-state index in [1.807, 2.05) is 0 Å². The van der Waals surface area contributed by atoms with E-state index in [-0.39, 0.29) is 16.9 Å². The van der Waals surface area contributed by atoms with Gasteiger partial charge >= 0.3 is 0 Å². The Hall–Kier alpha value is -4.13.